The van der Waals surface area contributed by atoms with Gasteiger partial charge in [0.1, 0.15) is 0 Å². The van der Waals surface area contributed by atoms with Gasteiger partial charge in [-0.25, -0.2) is 0 Å². The van der Waals surface area contributed by atoms with Gasteiger partial charge in [0.2, 0.25) is 5.91 Å². The molecule has 1 aromatic rings. The van der Waals surface area contributed by atoms with Crippen molar-refractivity contribution in [3.05, 3.63) is 26.6 Å². The summed E-state index contributed by atoms with van der Waals surface area (Å²) in [6.45, 7) is 4.14. The minimum absolute atomic E-state index is 0.00986. The molecule has 1 heterocycles. The third-order valence-corrected chi connectivity index (χ3v) is 4.61. The first kappa shape index (κ1) is 15.9. The van der Waals surface area contributed by atoms with E-state index in [9.17, 15) is 4.79 Å². The van der Waals surface area contributed by atoms with Gasteiger partial charge in [0, 0.05) is 21.5 Å². The Labute approximate surface area is 136 Å². The van der Waals surface area contributed by atoms with Crippen molar-refractivity contribution in [2.24, 2.45) is 5.73 Å². The van der Waals surface area contributed by atoms with E-state index in [1.807, 2.05) is 19.1 Å². The maximum atomic E-state index is 12.1. The van der Waals surface area contributed by atoms with Crippen LogP contribution in [0.4, 0.5) is 5.69 Å². The molecule has 2 rings (SSSR count). The highest BCUT2D eigenvalue weighted by Gasteiger charge is 2.19. The highest BCUT2D eigenvalue weighted by molar-refractivity contribution is 9.11. The number of nitrogens with two attached hydrogens (primary N) is 1. The van der Waals surface area contributed by atoms with E-state index in [2.05, 4.69) is 42.1 Å². The van der Waals surface area contributed by atoms with Crippen LogP contribution >= 0.6 is 31.9 Å². The Morgan fingerprint density at radius 2 is 2.10 bits per heavy atom. The van der Waals surface area contributed by atoms with Crippen LogP contribution in [0, 0.1) is 6.92 Å². The molecule has 0 spiro atoms. The van der Waals surface area contributed by atoms with Gasteiger partial charge in [-0.15, -0.1) is 0 Å². The molecular formula is C14H19Br2N3O. The lowest BCUT2D eigenvalue weighted by atomic mass is 10.1. The van der Waals surface area contributed by atoms with Gasteiger partial charge in [0.15, 0.2) is 0 Å². The van der Waals surface area contributed by atoms with E-state index in [1.165, 1.54) is 0 Å². The molecule has 1 amide bonds. The molecule has 110 valence electrons. The molecule has 1 aliphatic heterocycles. The van der Waals surface area contributed by atoms with Gasteiger partial charge in [0.25, 0.3) is 0 Å². The Morgan fingerprint density at radius 3 is 2.70 bits per heavy atom. The van der Waals surface area contributed by atoms with Crippen molar-refractivity contribution in [3.63, 3.8) is 0 Å². The van der Waals surface area contributed by atoms with Gasteiger partial charge in [0.05, 0.1) is 12.2 Å². The normalized spacial score (nSPS) is 19.9. The van der Waals surface area contributed by atoms with E-state index in [0.717, 1.165) is 46.1 Å². The first-order valence-corrected chi connectivity index (χ1v) is 8.27. The molecule has 20 heavy (non-hydrogen) atoms. The first-order valence-electron chi connectivity index (χ1n) is 6.69. The number of nitrogens with one attached hydrogen (secondary N) is 1. The van der Waals surface area contributed by atoms with Crippen molar-refractivity contribution in [1.82, 2.24) is 4.90 Å². The van der Waals surface area contributed by atoms with E-state index in [4.69, 9.17) is 5.73 Å². The predicted octanol–water partition coefficient (Wildman–Crippen LogP) is 2.88. The largest absolute Gasteiger partial charge is 0.327 e. The van der Waals surface area contributed by atoms with Gasteiger partial charge in [-0.1, -0.05) is 0 Å². The van der Waals surface area contributed by atoms with E-state index in [1.54, 1.807) is 0 Å². The molecule has 1 fully saturated rings. The molecule has 0 bridgehead atoms. The van der Waals surface area contributed by atoms with Crippen molar-refractivity contribution in [2.45, 2.75) is 25.8 Å². The van der Waals surface area contributed by atoms with Crippen molar-refractivity contribution in [3.8, 4) is 0 Å². The monoisotopic (exact) mass is 403 g/mol. The molecule has 1 aliphatic rings. The lowest BCUT2D eigenvalue weighted by Crippen LogP contribution is -2.45. The summed E-state index contributed by atoms with van der Waals surface area (Å²) in [5.74, 6) is -0.00986. The summed E-state index contributed by atoms with van der Waals surface area (Å²) in [5, 5.41) is 2.95. The van der Waals surface area contributed by atoms with E-state index < -0.39 is 0 Å². The van der Waals surface area contributed by atoms with Crippen LogP contribution < -0.4 is 11.1 Å². The maximum Gasteiger partial charge on any atom is 0.238 e. The Bertz CT molecular complexity index is 484. The fraction of sp³-hybridized carbons (Fsp3) is 0.500. The molecule has 1 aromatic carbocycles. The molecule has 6 heteroatoms. The van der Waals surface area contributed by atoms with E-state index in [0.29, 0.717) is 6.54 Å². The number of hydrogen-bond donors (Lipinski definition) is 2. The summed E-state index contributed by atoms with van der Waals surface area (Å²) >= 11 is 6.97. The van der Waals surface area contributed by atoms with Crippen LogP contribution in [0.25, 0.3) is 0 Å². The minimum Gasteiger partial charge on any atom is -0.327 e. The predicted molar refractivity (Wildman–Crippen MR) is 88.9 cm³/mol. The molecule has 0 aromatic heterocycles. The number of piperidine rings is 1. The number of carbonyl (C=O) groups is 1. The molecule has 4 nitrogen and oxygen atoms in total. The third-order valence-electron chi connectivity index (χ3n) is 3.36. The number of aryl methyl sites for hydroxylation is 1. The topological polar surface area (TPSA) is 58.4 Å². The lowest BCUT2D eigenvalue weighted by molar-refractivity contribution is -0.117. The zero-order valence-electron chi connectivity index (χ0n) is 11.5. The van der Waals surface area contributed by atoms with Crippen molar-refractivity contribution >= 4 is 43.5 Å². The van der Waals surface area contributed by atoms with Crippen LogP contribution in [0.15, 0.2) is 21.1 Å². The lowest BCUT2D eigenvalue weighted by Gasteiger charge is -2.30. The summed E-state index contributed by atoms with van der Waals surface area (Å²) in [5.41, 5.74) is 7.84. The molecule has 1 saturated heterocycles. The van der Waals surface area contributed by atoms with Gasteiger partial charge in [-0.2, -0.15) is 0 Å². The van der Waals surface area contributed by atoms with Crippen LogP contribution in [-0.4, -0.2) is 36.5 Å². The van der Waals surface area contributed by atoms with Gasteiger partial charge < -0.3 is 11.1 Å². The van der Waals surface area contributed by atoms with Gasteiger partial charge in [-0.05, 0) is 75.9 Å². The fourth-order valence-electron chi connectivity index (χ4n) is 2.44. The number of amides is 1. The number of nitrogens with zero attached hydrogens (tertiary/aromatic N) is 1. The molecule has 0 radical (unpaired) electrons. The van der Waals surface area contributed by atoms with Crippen LogP contribution in [0.5, 0.6) is 0 Å². The van der Waals surface area contributed by atoms with Crippen LogP contribution in [0.1, 0.15) is 18.4 Å². The Balaban J connectivity index is 1.98. The van der Waals surface area contributed by atoms with E-state index in [-0.39, 0.29) is 11.9 Å². The number of benzene rings is 1. The second kappa shape index (κ2) is 7.02. The SMILES string of the molecule is Cc1cc(Br)c(NC(=O)CN2CCC[C@@H](N)C2)c(Br)c1. The Kier molecular flexibility index (Phi) is 5.60. The highest BCUT2D eigenvalue weighted by Crippen LogP contribution is 2.32. The highest BCUT2D eigenvalue weighted by atomic mass is 79.9. The van der Waals surface area contributed by atoms with Crippen molar-refractivity contribution in [1.29, 1.82) is 0 Å². The Hall–Kier alpha value is -0.430. The number of likely N-dealkylation sites (tertiary alicyclic amines) is 1. The number of halogens is 2. The van der Waals surface area contributed by atoms with Gasteiger partial charge >= 0.3 is 0 Å². The number of anilines is 1. The standard InChI is InChI=1S/C14H19Br2N3O/c1-9-5-11(15)14(12(16)6-9)18-13(20)8-19-4-2-3-10(17)7-19/h5-6,10H,2-4,7-8,17H2,1H3,(H,18,20)/t10-/m1/s1. The molecule has 0 unspecified atom stereocenters. The second-order valence-electron chi connectivity index (χ2n) is 5.29. The first-order chi connectivity index (χ1) is 9.45. The molecule has 1 atom stereocenters. The van der Waals surface area contributed by atoms with E-state index >= 15 is 0 Å². The average molecular weight is 405 g/mol. The third kappa shape index (κ3) is 4.28. The zero-order valence-corrected chi connectivity index (χ0v) is 14.6. The number of carbonyl (C=O) groups excluding carboxylic acids is 1. The fourth-order valence-corrected chi connectivity index (χ4v) is 4.05. The summed E-state index contributed by atoms with van der Waals surface area (Å²) in [4.78, 5) is 14.3. The van der Waals surface area contributed by atoms with Crippen molar-refractivity contribution < 1.29 is 4.79 Å². The number of rotatable bonds is 3. The summed E-state index contributed by atoms with van der Waals surface area (Å²) < 4.78 is 1.76. The summed E-state index contributed by atoms with van der Waals surface area (Å²) in [6.07, 6.45) is 2.11. The molecule has 0 saturated carbocycles. The Morgan fingerprint density at radius 1 is 1.45 bits per heavy atom. The van der Waals surface area contributed by atoms with Crippen LogP contribution in [-0.2, 0) is 4.79 Å². The second-order valence-corrected chi connectivity index (χ2v) is 7.00. The molecule has 3 N–H and O–H groups in total. The van der Waals surface area contributed by atoms with Crippen molar-refractivity contribution in [2.75, 3.05) is 25.0 Å². The summed E-state index contributed by atoms with van der Waals surface area (Å²) in [7, 11) is 0. The minimum atomic E-state index is -0.00986. The zero-order chi connectivity index (χ0) is 14.7. The number of hydrogen-bond acceptors (Lipinski definition) is 3. The summed E-state index contributed by atoms with van der Waals surface area (Å²) in [6, 6.07) is 4.16. The smallest absolute Gasteiger partial charge is 0.238 e. The quantitative estimate of drug-likeness (QED) is 0.814. The maximum absolute atomic E-state index is 12.1. The molecule has 0 aliphatic carbocycles. The average Bonchev–Trinajstić information content (AvgIpc) is 2.33. The van der Waals surface area contributed by atoms with Crippen LogP contribution in [0.2, 0.25) is 0 Å². The van der Waals surface area contributed by atoms with Crippen LogP contribution in [0.3, 0.4) is 0 Å². The van der Waals surface area contributed by atoms with Gasteiger partial charge in [-0.3, -0.25) is 9.69 Å². The molecular weight excluding hydrogens is 386 g/mol.